The molecule has 2 aromatic heterocycles. The van der Waals surface area contributed by atoms with Crippen LogP contribution in [0.1, 0.15) is 66.7 Å². The van der Waals surface area contributed by atoms with Gasteiger partial charge in [0.25, 0.3) is 5.56 Å². The largest absolute Gasteiger partial charge is 0.369 e. The number of piperazine rings is 1. The van der Waals surface area contributed by atoms with Crippen molar-refractivity contribution in [3.63, 3.8) is 0 Å². The second-order valence-corrected chi connectivity index (χ2v) is 10.6. The number of pyridine rings is 1. The highest BCUT2D eigenvalue weighted by molar-refractivity contribution is 5.81. The van der Waals surface area contributed by atoms with Gasteiger partial charge in [0.2, 0.25) is 0 Å². The van der Waals surface area contributed by atoms with Crippen molar-refractivity contribution in [3.8, 4) is 0 Å². The fraction of sp³-hybridized carbons (Fsp3) is 0.448. The lowest BCUT2D eigenvalue weighted by Gasteiger charge is -2.40. The number of rotatable bonds is 5. The molecule has 1 saturated carbocycles. The van der Waals surface area contributed by atoms with Gasteiger partial charge in [0, 0.05) is 42.9 Å². The zero-order valence-corrected chi connectivity index (χ0v) is 21.7. The predicted octanol–water partition coefficient (Wildman–Crippen LogP) is 4.55. The number of fused-ring (bicyclic) bond motifs is 1. The van der Waals surface area contributed by atoms with Crippen LogP contribution in [0.3, 0.4) is 0 Å². The van der Waals surface area contributed by atoms with E-state index in [-0.39, 0.29) is 17.6 Å². The van der Waals surface area contributed by atoms with Gasteiger partial charge >= 0.3 is 0 Å². The molecule has 0 amide bonds. The summed E-state index contributed by atoms with van der Waals surface area (Å²) in [5.74, 6) is 0.786. The molecule has 3 heterocycles. The van der Waals surface area contributed by atoms with Gasteiger partial charge in [-0.3, -0.25) is 9.69 Å². The quantitative estimate of drug-likeness (QED) is 0.436. The monoisotopic (exact) mass is 497 g/mol. The fourth-order valence-electron chi connectivity index (χ4n) is 6.04. The number of aryl methyl sites for hydroxylation is 2. The standard InChI is InChI=1S/C29H35N7O/c1-20-17-22-19-25(29(37)30-26(22)18-21(20)2)27(28-31-32-33-36(28)24-11-7-4-8-12-24)35-15-13-34(14-16-35)23-9-5-3-6-10-23/h3,5-6,9-10,17-19,24,27H,4,7-8,11-16H2,1-2H3,(H,30,37)/t27-/m0/s1. The Kier molecular flexibility index (Phi) is 6.50. The predicted molar refractivity (Wildman–Crippen MR) is 146 cm³/mol. The van der Waals surface area contributed by atoms with Gasteiger partial charge in [-0.1, -0.05) is 37.5 Å². The molecule has 2 aliphatic rings. The van der Waals surface area contributed by atoms with E-state index in [1.165, 1.54) is 36.1 Å². The summed E-state index contributed by atoms with van der Waals surface area (Å²) in [6.45, 7) is 7.60. The van der Waals surface area contributed by atoms with Gasteiger partial charge in [-0.25, -0.2) is 4.68 Å². The number of hydrogen-bond donors (Lipinski definition) is 1. The Balaban J connectivity index is 1.41. The number of hydrogen-bond acceptors (Lipinski definition) is 6. The molecule has 192 valence electrons. The van der Waals surface area contributed by atoms with Crippen LogP contribution in [0.4, 0.5) is 5.69 Å². The second kappa shape index (κ2) is 10.1. The topological polar surface area (TPSA) is 82.9 Å². The molecule has 1 N–H and O–H groups in total. The summed E-state index contributed by atoms with van der Waals surface area (Å²) in [6.07, 6.45) is 5.82. The lowest BCUT2D eigenvalue weighted by molar-refractivity contribution is 0.192. The van der Waals surface area contributed by atoms with E-state index in [1.807, 2.05) is 4.68 Å². The molecule has 1 aliphatic carbocycles. The summed E-state index contributed by atoms with van der Waals surface area (Å²) in [5, 5.41) is 14.2. The Hall–Kier alpha value is -3.52. The van der Waals surface area contributed by atoms with Crippen LogP contribution in [0.25, 0.3) is 10.9 Å². The van der Waals surface area contributed by atoms with Crippen molar-refractivity contribution in [2.24, 2.45) is 0 Å². The van der Waals surface area contributed by atoms with Crippen LogP contribution in [-0.4, -0.2) is 56.3 Å². The van der Waals surface area contributed by atoms with Crippen LogP contribution in [0.2, 0.25) is 0 Å². The lowest BCUT2D eigenvalue weighted by atomic mass is 9.95. The molecular formula is C29H35N7O. The van der Waals surface area contributed by atoms with E-state index in [2.05, 4.69) is 92.7 Å². The SMILES string of the molecule is Cc1cc2cc([C@@H](c3nnnn3C3CCCCC3)N3CCN(c4ccccc4)CC3)c(=O)[nH]c2cc1C. The van der Waals surface area contributed by atoms with Crippen molar-refractivity contribution in [2.75, 3.05) is 31.1 Å². The molecule has 2 fully saturated rings. The minimum Gasteiger partial charge on any atom is -0.369 e. The molecule has 8 nitrogen and oxygen atoms in total. The smallest absolute Gasteiger partial charge is 0.253 e. The highest BCUT2D eigenvalue weighted by atomic mass is 16.1. The van der Waals surface area contributed by atoms with Crippen molar-refractivity contribution in [3.05, 3.63) is 81.4 Å². The summed E-state index contributed by atoms with van der Waals surface area (Å²) < 4.78 is 2.03. The van der Waals surface area contributed by atoms with Gasteiger partial charge in [0.05, 0.1) is 6.04 Å². The molecule has 2 aromatic carbocycles. The van der Waals surface area contributed by atoms with Crippen molar-refractivity contribution in [1.29, 1.82) is 0 Å². The summed E-state index contributed by atoms with van der Waals surface area (Å²) in [4.78, 5) is 21.6. The van der Waals surface area contributed by atoms with Crippen LogP contribution in [0.15, 0.2) is 53.3 Å². The molecule has 0 bridgehead atoms. The number of H-pyrrole nitrogens is 1. The third-order valence-corrected chi connectivity index (χ3v) is 8.27. The van der Waals surface area contributed by atoms with Crippen LogP contribution >= 0.6 is 0 Å². The van der Waals surface area contributed by atoms with Crippen LogP contribution in [-0.2, 0) is 0 Å². The highest BCUT2D eigenvalue weighted by Gasteiger charge is 2.34. The Labute approximate surface area is 217 Å². The molecule has 0 radical (unpaired) electrons. The number of benzene rings is 2. The number of aromatic nitrogens is 5. The maximum absolute atomic E-state index is 13.6. The van der Waals surface area contributed by atoms with Crippen molar-refractivity contribution in [1.82, 2.24) is 30.1 Å². The van der Waals surface area contributed by atoms with E-state index in [0.717, 1.165) is 61.3 Å². The number of nitrogens with one attached hydrogen (secondary N) is 1. The Morgan fingerprint density at radius 1 is 0.919 bits per heavy atom. The summed E-state index contributed by atoms with van der Waals surface area (Å²) in [7, 11) is 0. The number of tetrazole rings is 1. The Morgan fingerprint density at radius 2 is 1.65 bits per heavy atom. The van der Waals surface area contributed by atoms with Gasteiger partial charge < -0.3 is 9.88 Å². The average molecular weight is 498 g/mol. The molecule has 0 spiro atoms. The number of aromatic amines is 1. The normalized spacial score (nSPS) is 18.4. The van der Waals surface area contributed by atoms with E-state index < -0.39 is 0 Å². The van der Waals surface area contributed by atoms with E-state index >= 15 is 0 Å². The third kappa shape index (κ3) is 4.66. The number of anilines is 1. The summed E-state index contributed by atoms with van der Waals surface area (Å²) in [5.41, 5.74) is 5.15. The second-order valence-electron chi connectivity index (χ2n) is 10.6. The van der Waals surface area contributed by atoms with Gasteiger partial charge in [-0.15, -0.1) is 5.10 Å². The van der Waals surface area contributed by atoms with Crippen molar-refractivity contribution < 1.29 is 0 Å². The number of para-hydroxylation sites is 1. The van der Waals surface area contributed by atoms with Gasteiger partial charge in [0.15, 0.2) is 5.82 Å². The maximum atomic E-state index is 13.6. The fourth-order valence-corrected chi connectivity index (χ4v) is 6.04. The molecule has 37 heavy (non-hydrogen) atoms. The first-order valence-electron chi connectivity index (χ1n) is 13.5. The van der Waals surface area contributed by atoms with E-state index in [4.69, 9.17) is 0 Å². The van der Waals surface area contributed by atoms with Crippen LogP contribution in [0.5, 0.6) is 0 Å². The van der Waals surface area contributed by atoms with E-state index in [9.17, 15) is 4.79 Å². The first kappa shape index (κ1) is 23.9. The molecule has 1 atom stereocenters. The molecular weight excluding hydrogens is 462 g/mol. The molecule has 0 unspecified atom stereocenters. The summed E-state index contributed by atoms with van der Waals surface area (Å²) in [6, 6.07) is 16.8. The third-order valence-electron chi connectivity index (χ3n) is 8.27. The first-order chi connectivity index (χ1) is 18.1. The summed E-state index contributed by atoms with van der Waals surface area (Å²) >= 11 is 0. The van der Waals surface area contributed by atoms with Crippen molar-refractivity contribution >= 4 is 16.6 Å². The molecule has 1 aliphatic heterocycles. The molecule has 1 saturated heterocycles. The number of nitrogens with zero attached hydrogens (tertiary/aromatic N) is 6. The Morgan fingerprint density at radius 3 is 2.41 bits per heavy atom. The minimum atomic E-state index is -0.301. The molecule has 4 aromatic rings. The van der Waals surface area contributed by atoms with Gasteiger partial charge in [-0.2, -0.15) is 0 Å². The molecule has 8 heteroatoms. The van der Waals surface area contributed by atoms with E-state index in [1.54, 1.807) is 0 Å². The van der Waals surface area contributed by atoms with Crippen molar-refractivity contribution in [2.45, 2.75) is 58.0 Å². The minimum absolute atomic E-state index is 0.0653. The average Bonchev–Trinajstić information content (AvgIpc) is 3.41. The van der Waals surface area contributed by atoms with Crippen LogP contribution in [0, 0.1) is 13.8 Å². The van der Waals surface area contributed by atoms with Gasteiger partial charge in [0.1, 0.15) is 6.04 Å². The van der Waals surface area contributed by atoms with Crippen LogP contribution < -0.4 is 10.5 Å². The molecule has 6 rings (SSSR count). The first-order valence-corrected chi connectivity index (χ1v) is 13.5. The van der Waals surface area contributed by atoms with Gasteiger partial charge in [-0.05, 0) is 84.0 Å². The zero-order valence-electron chi connectivity index (χ0n) is 21.7. The zero-order chi connectivity index (χ0) is 25.4. The lowest BCUT2D eigenvalue weighted by Crippen LogP contribution is -2.49. The highest BCUT2D eigenvalue weighted by Crippen LogP contribution is 2.34. The van der Waals surface area contributed by atoms with E-state index in [0.29, 0.717) is 0 Å². The Bertz CT molecular complexity index is 1430. The maximum Gasteiger partial charge on any atom is 0.253 e.